The van der Waals surface area contributed by atoms with Gasteiger partial charge in [-0.15, -0.1) is 0 Å². The highest BCUT2D eigenvalue weighted by atomic mass is 35.5. The smallest absolute Gasteiger partial charge is 0.238 e. The summed E-state index contributed by atoms with van der Waals surface area (Å²) >= 11 is 11.8. The van der Waals surface area contributed by atoms with Crippen LogP contribution in [0.2, 0.25) is 10.0 Å². The summed E-state index contributed by atoms with van der Waals surface area (Å²) in [7, 11) is 0. The number of aromatic nitrogens is 1. The molecule has 2 aromatic carbocycles. The van der Waals surface area contributed by atoms with Crippen molar-refractivity contribution in [2.45, 2.75) is 13.0 Å². The molecule has 4 rings (SSSR count). The number of hydrogen-bond acceptors (Lipinski definition) is 2. The van der Waals surface area contributed by atoms with E-state index >= 15 is 0 Å². The highest BCUT2D eigenvalue weighted by molar-refractivity contribution is 6.31. The van der Waals surface area contributed by atoms with Crippen LogP contribution in [0.4, 0.5) is 10.1 Å². The number of carbonyl (C=O) groups excluding carboxylic acids is 1. The minimum Gasteiger partial charge on any atom is -0.357 e. The molecule has 2 N–H and O–H groups in total. The van der Waals surface area contributed by atoms with E-state index in [4.69, 9.17) is 23.2 Å². The standard InChI is InChI=1S/C19H16Cl2FN3O/c20-11-2-1-3-12(6-11)23-19(26)10-25-5-4-13-14-7-15(21)16(22)8-17(14)24-18(13)9-25/h1-3,6-8,24H,4-5,9-10H2,(H,23,26). The van der Waals surface area contributed by atoms with Crippen molar-refractivity contribution in [3.8, 4) is 0 Å². The number of benzene rings is 2. The Bertz CT molecular complexity index is 1000. The van der Waals surface area contributed by atoms with Gasteiger partial charge in [0.2, 0.25) is 5.91 Å². The van der Waals surface area contributed by atoms with Crippen molar-refractivity contribution in [1.82, 2.24) is 9.88 Å². The van der Waals surface area contributed by atoms with Gasteiger partial charge in [-0.25, -0.2) is 4.39 Å². The first-order valence-electron chi connectivity index (χ1n) is 8.26. The van der Waals surface area contributed by atoms with Crippen LogP contribution in [0.5, 0.6) is 0 Å². The van der Waals surface area contributed by atoms with Gasteiger partial charge in [-0.1, -0.05) is 29.3 Å². The second kappa shape index (κ2) is 6.91. The molecule has 0 spiro atoms. The van der Waals surface area contributed by atoms with Crippen LogP contribution < -0.4 is 5.32 Å². The van der Waals surface area contributed by atoms with Crippen LogP contribution in [0, 0.1) is 5.82 Å². The molecule has 0 unspecified atom stereocenters. The summed E-state index contributed by atoms with van der Waals surface area (Å²) in [6.45, 7) is 1.63. The Morgan fingerprint density at radius 2 is 2.12 bits per heavy atom. The van der Waals surface area contributed by atoms with E-state index in [1.165, 1.54) is 6.07 Å². The minimum absolute atomic E-state index is 0.0964. The lowest BCUT2D eigenvalue weighted by Gasteiger charge is -2.26. The second-order valence-corrected chi connectivity index (χ2v) is 7.26. The maximum absolute atomic E-state index is 13.7. The topological polar surface area (TPSA) is 48.1 Å². The summed E-state index contributed by atoms with van der Waals surface area (Å²) in [6, 6.07) is 10.2. The monoisotopic (exact) mass is 391 g/mol. The molecule has 1 aromatic heterocycles. The van der Waals surface area contributed by atoms with Crippen molar-refractivity contribution in [3.05, 3.63) is 63.5 Å². The average Bonchev–Trinajstić information content (AvgIpc) is 2.91. The Hall–Kier alpha value is -2.08. The van der Waals surface area contributed by atoms with Gasteiger partial charge in [0.05, 0.1) is 11.6 Å². The van der Waals surface area contributed by atoms with E-state index in [0.717, 1.165) is 35.1 Å². The van der Waals surface area contributed by atoms with Gasteiger partial charge in [0, 0.05) is 40.4 Å². The fourth-order valence-electron chi connectivity index (χ4n) is 3.40. The molecule has 0 saturated heterocycles. The highest BCUT2D eigenvalue weighted by Crippen LogP contribution is 2.31. The highest BCUT2D eigenvalue weighted by Gasteiger charge is 2.23. The van der Waals surface area contributed by atoms with Crippen LogP contribution in [-0.4, -0.2) is 28.9 Å². The van der Waals surface area contributed by atoms with Crippen molar-refractivity contribution in [3.63, 3.8) is 0 Å². The maximum Gasteiger partial charge on any atom is 0.238 e. The summed E-state index contributed by atoms with van der Waals surface area (Å²) in [4.78, 5) is 17.6. The molecule has 0 atom stereocenters. The Balaban J connectivity index is 1.47. The number of nitrogens with one attached hydrogen (secondary N) is 2. The van der Waals surface area contributed by atoms with E-state index in [1.807, 2.05) is 0 Å². The first-order valence-corrected chi connectivity index (χ1v) is 9.01. The molecule has 3 aromatic rings. The first kappa shape index (κ1) is 17.3. The second-order valence-electron chi connectivity index (χ2n) is 6.41. The number of rotatable bonds is 3. The quantitative estimate of drug-likeness (QED) is 0.684. The number of hydrogen-bond donors (Lipinski definition) is 2. The lowest BCUT2D eigenvalue weighted by atomic mass is 10.0. The predicted octanol–water partition coefficient (Wildman–Crippen LogP) is 4.61. The molecule has 7 heteroatoms. The molecule has 4 nitrogen and oxygen atoms in total. The minimum atomic E-state index is -0.435. The molecule has 0 saturated carbocycles. The summed E-state index contributed by atoms with van der Waals surface area (Å²) < 4.78 is 13.7. The fourth-order valence-corrected chi connectivity index (χ4v) is 3.75. The van der Waals surface area contributed by atoms with E-state index in [9.17, 15) is 9.18 Å². The number of aromatic amines is 1. The van der Waals surface area contributed by atoms with Crippen LogP contribution in [-0.2, 0) is 17.8 Å². The van der Waals surface area contributed by atoms with Crippen LogP contribution in [0.25, 0.3) is 10.9 Å². The Kier molecular flexibility index (Phi) is 4.61. The number of anilines is 1. The Labute approximate surface area is 159 Å². The van der Waals surface area contributed by atoms with Gasteiger partial charge in [-0.05, 0) is 42.3 Å². The lowest BCUT2D eigenvalue weighted by molar-refractivity contribution is -0.117. The van der Waals surface area contributed by atoms with Gasteiger partial charge < -0.3 is 10.3 Å². The zero-order chi connectivity index (χ0) is 18.3. The third-order valence-electron chi connectivity index (χ3n) is 4.57. The molecule has 1 amide bonds. The normalized spacial score (nSPS) is 14.4. The maximum atomic E-state index is 13.7. The zero-order valence-electron chi connectivity index (χ0n) is 13.8. The van der Waals surface area contributed by atoms with E-state index in [2.05, 4.69) is 15.2 Å². The van der Waals surface area contributed by atoms with E-state index in [-0.39, 0.29) is 17.5 Å². The Morgan fingerprint density at radius 1 is 1.27 bits per heavy atom. The number of carbonyl (C=O) groups is 1. The molecule has 134 valence electrons. The van der Waals surface area contributed by atoms with E-state index < -0.39 is 5.82 Å². The van der Waals surface area contributed by atoms with Crippen LogP contribution in [0.3, 0.4) is 0 Å². The molecule has 1 aliphatic heterocycles. The van der Waals surface area contributed by atoms with E-state index in [0.29, 0.717) is 17.3 Å². The summed E-state index contributed by atoms with van der Waals surface area (Å²) in [6.07, 6.45) is 0.780. The van der Waals surface area contributed by atoms with Crippen molar-refractivity contribution >= 4 is 45.7 Å². The lowest BCUT2D eigenvalue weighted by Crippen LogP contribution is -2.37. The molecule has 2 heterocycles. The molecule has 0 bridgehead atoms. The molecule has 0 fully saturated rings. The summed E-state index contributed by atoms with van der Waals surface area (Å²) in [5.41, 5.74) is 3.56. The van der Waals surface area contributed by atoms with Crippen LogP contribution >= 0.6 is 23.2 Å². The Morgan fingerprint density at radius 3 is 2.92 bits per heavy atom. The number of H-pyrrole nitrogens is 1. The summed E-state index contributed by atoms with van der Waals surface area (Å²) in [5.74, 6) is -0.531. The van der Waals surface area contributed by atoms with Gasteiger partial charge >= 0.3 is 0 Å². The molecular weight excluding hydrogens is 376 g/mol. The van der Waals surface area contributed by atoms with Crippen molar-refractivity contribution in [2.75, 3.05) is 18.4 Å². The van der Waals surface area contributed by atoms with Gasteiger partial charge in [0.15, 0.2) is 0 Å². The van der Waals surface area contributed by atoms with Crippen molar-refractivity contribution < 1.29 is 9.18 Å². The van der Waals surface area contributed by atoms with Gasteiger partial charge in [-0.3, -0.25) is 9.69 Å². The number of nitrogens with zero attached hydrogens (tertiary/aromatic N) is 1. The van der Waals surface area contributed by atoms with Gasteiger partial charge in [0.25, 0.3) is 0 Å². The SMILES string of the molecule is O=C(CN1CCc2c([nH]c3cc(F)c(Cl)cc23)C1)Nc1cccc(Cl)c1. The molecule has 0 radical (unpaired) electrons. The van der Waals surface area contributed by atoms with Gasteiger partial charge in [0.1, 0.15) is 5.82 Å². The predicted molar refractivity (Wildman–Crippen MR) is 102 cm³/mol. The van der Waals surface area contributed by atoms with Crippen molar-refractivity contribution in [1.29, 1.82) is 0 Å². The summed E-state index contributed by atoms with van der Waals surface area (Å²) in [5, 5.41) is 4.51. The molecular formula is C19H16Cl2FN3O. The third-order valence-corrected chi connectivity index (χ3v) is 5.10. The molecule has 0 aliphatic carbocycles. The average molecular weight is 392 g/mol. The zero-order valence-corrected chi connectivity index (χ0v) is 15.3. The largest absolute Gasteiger partial charge is 0.357 e. The number of amides is 1. The van der Waals surface area contributed by atoms with Crippen LogP contribution in [0.15, 0.2) is 36.4 Å². The number of fused-ring (bicyclic) bond motifs is 3. The van der Waals surface area contributed by atoms with Gasteiger partial charge in [-0.2, -0.15) is 0 Å². The first-order chi connectivity index (χ1) is 12.5. The van der Waals surface area contributed by atoms with E-state index in [1.54, 1.807) is 30.3 Å². The molecule has 1 aliphatic rings. The molecule has 26 heavy (non-hydrogen) atoms. The fraction of sp³-hybridized carbons (Fsp3) is 0.211. The van der Waals surface area contributed by atoms with Crippen LogP contribution in [0.1, 0.15) is 11.3 Å². The number of halogens is 3. The third kappa shape index (κ3) is 3.43. The van der Waals surface area contributed by atoms with Crippen molar-refractivity contribution in [2.24, 2.45) is 0 Å².